The summed E-state index contributed by atoms with van der Waals surface area (Å²) in [5.74, 6) is 0. The normalized spacial score (nSPS) is 19.3. The summed E-state index contributed by atoms with van der Waals surface area (Å²) in [4.78, 5) is 3.81. The van der Waals surface area contributed by atoms with Gasteiger partial charge in [-0.3, -0.25) is 0 Å². The standard InChI is InChI=1S/C14H23BrN2S/c1-17(10-13-9-12(15)11-18-13)8-7-14(16)5-3-2-4-6-14/h9,11H,2-8,10,16H2,1H3. The van der Waals surface area contributed by atoms with Crippen LogP contribution in [-0.4, -0.2) is 24.0 Å². The Bertz CT molecular complexity index is 372. The maximum Gasteiger partial charge on any atom is 0.0325 e. The first-order chi connectivity index (χ1) is 8.57. The second-order valence-corrected chi connectivity index (χ2v) is 7.55. The van der Waals surface area contributed by atoms with E-state index < -0.39 is 0 Å². The van der Waals surface area contributed by atoms with E-state index >= 15 is 0 Å². The summed E-state index contributed by atoms with van der Waals surface area (Å²) in [6.07, 6.45) is 7.57. The van der Waals surface area contributed by atoms with Gasteiger partial charge in [-0.25, -0.2) is 0 Å². The quantitative estimate of drug-likeness (QED) is 0.884. The van der Waals surface area contributed by atoms with Crippen LogP contribution in [0.5, 0.6) is 0 Å². The first-order valence-corrected chi connectivity index (χ1v) is 8.45. The van der Waals surface area contributed by atoms with E-state index in [2.05, 4.69) is 39.3 Å². The van der Waals surface area contributed by atoms with Crippen molar-refractivity contribution in [1.29, 1.82) is 0 Å². The maximum absolute atomic E-state index is 6.47. The summed E-state index contributed by atoms with van der Waals surface area (Å²) >= 11 is 5.32. The van der Waals surface area contributed by atoms with Crippen LogP contribution in [0.4, 0.5) is 0 Å². The molecule has 1 fully saturated rings. The molecule has 0 radical (unpaired) electrons. The Morgan fingerprint density at radius 1 is 1.39 bits per heavy atom. The van der Waals surface area contributed by atoms with Crippen molar-refractivity contribution in [3.05, 3.63) is 20.8 Å². The highest BCUT2D eigenvalue weighted by atomic mass is 79.9. The number of thiophene rings is 1. The highest BCUT2D eigenvalue weighted by Gasteiger charge is 2.27. The summed E-state index contributed by atoms with van der Waals surface area (Å²) in [7, 11) is 2.19. The molecule has 18 heavy (non-hydrogen) atoms. The predicted molar refractivity (Wildman–Crippen MR) is 83.0 cm³/mol. The third kappa shape index (κ3) is 4.34. The molecule has 0 saturated heterocycles. The van der Waals surface area contributed by atoms with Crippen LogP contribution in [0.25, 0.3) is 0 Å². The average Bonchev–Trinajstić information content (AvgIpc) is 2.73. The molecule has 1 aromatic rings. The number of nitrogens with zero attached hydrogens (tertiary/aromatic N) is 1. The van der Waals surface area contributed by atoms with Crippen molar-refractivity contribution in [3.63, 3.8) is 0 Å². The van der Waals surface area contributed by atoms with Crippen LogP contribution in [0, 0.1) is 0 Å². The fourth-order valence-corrected chi connectivity index (χ4v) is 4.23. The first-order valence-electron chi connectivity index (χ1n) is 6.78. The molecule has 1 aliphatic carbocycles. The zero-order chi connectivity index (χ0) is 13.0. The monoisotopic (exact) mass is 330 g/mol. The van der Waals surface area contributed by atoms with Crippen molar-refractivity contribution < 1.29 is 0 Å². The van der Waals surface area contributed by atoms with Gasteiger partial charge in [-0.15, -0.1) is 11.3 Å². The molecule has 1 aliphatic rings. The minimum Gasteiger partial charge on any atom is -0.325 e. The van der Waals surface area contributed by atoms with E-state index in [0.29, 0.717) is 0 Å². The highest BCUT2D eigenvalue weighted by Crippen LogP contribution is 2.29. The number of hydrogen-bond donors (Lipinski definition) is 1. The Labute approximate surface area is 123 Å². The van der Waals surface area contributed by atoms with Crippen LogP contribution in [0.3, 0.4) is 0 Å². The van der Waals surface area contributed by atoms with Crippen LogP contribution in [0.15, 0.2) is 15.9 Å². The fraction of sp³-hybridized carbons (Fsp3) is 0.714. The number of halogens is 1. The maximum atomic E-state index is 6.47. The van der Waals surface area contributed by atoms with Gasteiger partial charge in [0.05, 0.1) is 0 Å². The van der Waals surface area contributed by atoms with Gasteiger partial charge in [-0.1, -0.05) is 19.3 Å². The molecule has 0 amide bonds. The summed E-state index contributed by atoms with van der Waals surface area (Å²) < 4.78 is 1.19. The number of rotatable bonds is 5. The van der Waals surface area contributed by atoms with E-state index in [9.17, 15) is 0 Å². The molecule has 2 N–H and O–H groups in total. The van der Waals surface area contributed by atoms with Crippen molar-refractivity contribution in [2.75, 3.05) is 13.6 Å². The lowest BCUT2D eigenvalue weighted by atomic mass is 9.80. The molecule has 0 bridgehead atoms. The topological polar surface area (TPSA) is 29.3 Å². The molecule has 102 valence electrons. The van der Waals surface area contributed by atoms with Crippen molar-refractivity contribution in [2.45, 2.75) is 50.6 Å². The van der Waals surface area contributed by atoms with Crippen LogP contribution in [0.2, 0.25) is 0 Å². The van der Waals surface area contributed by atoms with Gasteiger partial charge >= 0.3 is 0 Å². The molecule has 0 aromatic carbocycles. The second-order valence-electron chi connectivity index (χ2n) is 5.64. The zero-order valence-electron chi connectivity index (χ0n) is 11.1. The Hall–Kier alpha value is 0.1000. The lowest BCUT2D eigenvalue weighted by Crippen LogP contribution is -2.44. The van der Waals surface area contributed by atoms with Gasteiger partial charge in [-0.2, -0.15) is 0 Å². The summed E-state index contributed by atoms with van der Waals surface area (Å²) in [5, 5.41) is 2.15. The van der Waals surface area contributed by atoms with Gasteiger partial charge < -0.3 is 10.6 Å². The lowest BCUT2D eigenvalue weighted by molar-refractivity contribution is 0.227. The van der Waals surface area contributed by atoms with Gasteiger partial charge in [0, 0.05) is 26.8 Å². The van der Waals surface area contributed by atoms with Crippen LogP contribution in [0.1, 0.15) is 43.4 Å². The molecular formula is C14H23BrN2S. The largest absolute Gasteiger partial charge is 0.325 e. The molecule has 1 saturated carbocycles. The van der Waals surface area contributed by atoms with Crippen LogP contribution >= 0.6 is 27.3 Å². The smallest absolute Gasteiger partial charge is 0.0325 e. The van der Waals surface area contributed by atoms with Crippen molar-refractivity contribution >= 4 is 27.3 Å². The number of nitrogens with two attached hydrogens (primary N) is 1. The van der Waals surface area contributed by atoms with Crippen molar-refractivity contribution in [1.82, 2.24) is 4.90 Å². The minimum absolute atomic E-state index is 0.114. The summed E-state index contributed by atoms with van der Waals surface area (Å²) in [5.41, 5.74) is 6.59. The van der Waals surface area contributed by atoms with Crippen LogP contribution in [-0.2, 0) is 6.54 Å². The molecule has 1 heterocycles. The second kappa shape index (κ2) is 6.51. The summed E-state index contributed by atoms with van der Waals surface area (Å²) in [6, 6.07) is 2.21. The van der Waals surface area contributed by atoms with Crippen molar-refractivity contribution in [3.8, 4) is 0 Å². The van der Waals surface area contributed by atoms with E-state index in [-0.39, 0.29) is 5.54 Å². The SMILES string of the molecule is CN(CCC1(N)CCCCC1)Cc1cc(Br)cs1. The van der Waals surface area contributed by atoms with E-state index in [1.165, 1.54) is 41.5 Å². The first kappa shape index (κ1) is 14.5. The molecular weight excluding hydrogens is 308 g/mol. The fourth-order valence-electron chi connectivity index (χ4n) is 2.70. The van der Waals surface area contributed by atoms with Gasteiger partial charge in [-0.05, 0) is 54.9 Å². The van der Waals surface area contributed by atoms with E-state index in [0.717, 1.165) is 19.5 Å². The third-order valence-electron chi connectivity index (χ3n) is 3.89. The molecule has 0 atom stereocenters. The summed E-state index contributed by atoms with van der Waals surface area (Å²) in [6.45, 7) is 2.14. The van der Waals surface area contributed by atoms with Crippen molar-refractivity contribution in [2.24, 2.45) is 5.73 Å². The zero-order valence-corrected chi connectivity index (χ0v) is 13.5. The predicted octanol–water partition coefficient (Wildman–Crippen LogP) is 3.99. The Balaban J connectivity index is 1.75. The van der Waals surface area contributed by atoms with Crippen LogP contribution < -0.4 is 5.73 Å². The van der Waals surface area contributed by atoms with E-state index in [1.54, 1.807) is 0 Å². The minimum atomic E-state index is 0.114. The highest BCUT2D eigenvalue weighted by molar-refractivity contribution is 9.10. The average molecular weight is 331 g/mol. The Kier molecular flexibility index (Phi) is 5.24. The third-order valence-corrected chi connectivity index (χ3v) is 5.57. The Morgan fingerprint density at radius 3 is 2.72 bits per heavy atom. The van der Waals surface area contributed by atoms with E-state index in [1.807, 2.05) is 11.3 Å². The molecule has 4 heteroatoms. The van der Waals surface area contributed by atoms with Gasteiger partial charge in [0.1, 0.15) is 0 Å². The molecule has 2 rings (SSSR count). The molecule has 2 nitrogen and oxygen atoms in total. The van der Waals surface area contributed by atoms with Gasteiger partial charge in [0.25, 0.3) is 0 Å². The number of hydrogen-bond acceptors (Lipinski definition) is 3. The van der Waals surface area contributed by atoms with Gasteiger partial charge in [0.2, 0.25) is 0 Å². The lowest BCUT2D eigenvalue weighted by Gasteiger charge is -2.34. The van der Waals surface area contributed by atoms with Gasteiger partial charge in [0.15, 0.2) is 0 Å². The molecule has 0 spiro atoms. The van der Waals surface area contributed by atoms with E-state index in [4.69, 9.17) is 5.73 Å². The molecule has 1 aromatic heterocycles. The Morgan fingerprint density at radius 2 is 2.11 bits per heavy atom. The molecule has 0 aliphatic heterocycles. The molecule has 0 unspecified atom stereocenters.